The van der Waals surface area contributed by atoms with Gasteiger partial charge in [-0.2, -0.15) is 5.10 Å². The van der Waals surface area contributed by atoms with Crippen molar-refractivity contribution in [3.63, 3.8) is 0 Å². The number of aromatic carboxylic acids is 1. The second-order valence-electron chi connectivity index (χ2n) is 5.54. The molecule has 4 heteroatoms. The lowest BCUT2D eigenvalue weighted by atomic mass is 10.0. The van der Waals surface area contributed by atoms with Crippen molar-refractivity contribution in [1.29, 1.82) is 0 Å². The number of rotatable bonds is 3. The summed E-state index contributed by atoms with van der Waals surface area (Å²) in [5, 5.41) is 16.2. The lowest BCUT2D eigenvalue weighted by Gasteiger charge is -2.03. The minimum Gasteiger partial charge on any atom is -0.478 e. The van der Waals surface area contributed by atoms with Gasteiger partial charge in [0.05, 0.1) is 5.69 Å². The van der Waals surface area contributed by atoms with Crippen LogP contribution < -0.4 is 0 Å². The predicted molar refractivity (Wildman–Crippen MR) is 93.5 cm³/mol. The molecule has 1 N–H and O–H groups in total. The number of carboxylic acids is 1. The first-order valence-corrected chi connectivity index (χ1v) is 7.60. The topological polar surface area (TPSA) is 55.1 Å². The first-order chi connectivity index (χ1) is 11.7. The van der Waals surface area contributed by atoms with E-state index in [9.17, 15) is 9.90 Å². The number of hydrogen-bond donors (Lipinski definition) is 1. The van der Waals surface area contributed by atoms with Crippen LogP contribution in [-0.2, 0) is 0 Å². The van der Waals surface area contributed by atoms with Gasteiger partial charge in [0, 0.05) is 11.8 Å². The Bertz CT molecular complexity index is 1040. The van der Waals surface area contributed by atoms with Gasteiger partial charge >= 0.3 is 5.97 Å². The molecule has 0 atom stereocenters. The molecule has 4 nitrogen and oxygen atoms in total. The van der Waals surface area contributed by atoms with Crippen LogP contribution in [0.1, 0.15) is 10.4 Å². The largest absolute Gasteiger partial charge is 0.478 e. The molecule has 1 aromatic heterocycles. The van der Waals surface area contributed by atoms with E-state index in [0.717, 1.165) is 22.0 Å². The molecule has 0 aliphatic rings. The van der Waals surface area contributed by atoms with Crippen molar-refractivity contribution in [1.82, 2.24) is 9.78 Å². The summed E-state index contributed by atoms with van der Waals surface area (Å²) in [6.07, 6.45) is 1.56. The van der Waals surface area contributed by atoms with Crippen LogP contribution in [0.15, 0.2) is 79.0 Å². The van der Waals surface area contributed by atoms with Gasteiger partial charge < -0.3 is 5.11 Å². The van der Waals surface area contributed by atoms with E-state index in [-0.39, 0.29) is 5.56 Å². The number of nitrogens with zero attached hydrogens (tertiary/aromatic N) is 2. The summed E-state index contributed by atoms with van der Waals surface area (Å²) in [5.41, 5.74) is 2.28. The number of hydrogen-bond acceptors (Lipinski definition) is 2. The maximum Gasteiger partial charge on any atom is 0.339 e. The van der Waals surface area contributed by atoms with Crippen LogP contribution in [0.3, 0.4) is 0 Å². The molecule has 0 amide bonds. The molecule has 0 saturated carbocycles. The van der Waals surface area contributed by atoms with E-state index >= 15 is 0 Å². The number of benzene rings is 3. The van der Waals surface area contributed by atoms with Crippen LogP contribution in [-0.4, -0.2) is 20.9 Å². The Hall–Kier alpha value is -3.40. The summed E-state index contributed by atoms with van der Waals surface area (Å²) >= 11 is 0. The van der Waals surface area contributed by atoms with E-state index in [1.807, 2.05) is 72.8 Å². The van der Waals surface area contributed by atoms with Gasteiger partial charge in [-0.1, -0.05) is 54.6 Å². The second-order valence-corrected chi connectivity index (χ2v) is 5.54. The number of para-hydroxylation sites is 1. The van der Waals surface area contributed by atoms with E-state index in [1.54, 1.807) is 10.9 Å². The Morgan fingerprint density at radius 3 is 2.33 bits per heavy atom. The fourth-order valence-electron chi connectivity index (χ4n) is 2.79. The standard InChI is InChI=1S/C20H14N2O2/c23-20(24)18-13-22(17-8-2-1-3-9-17)21-19(18)16-11-10-14-6-4-5-7-15(14)12-16/h1-13H,(H,23,24). The normalized spacial score (nSPS) is 10.8. The zero-order chi connectivity index (χ0) is 16.5. The average molecular weight is 314 g/mol. The van der Waals surface area contributed by atoms with Crippen LogP contribution >= 0.6 is 0 Å². The number of carbonyl (C=O) groups is 1. The third kappa shape index (κ3) is 2.44. The highest BCUT2D eigenvalue weighted by Crippen LogP contribution is 2.27. The van der Waals surface area contributed by atoms with Crippen molar-refractivity contribution >= 4 is 16.7 Å². The van der Waals surface area contributed by atoms with E-state index in [2.05, 4.69) is 5.10 Å². The lowest BCUT2D eigenvalue weighted by molar-refractivity contribution is 0.0697. The molecule has 3 aromatic carbocycles. The van der Waals surface area contributed by atoms with Crippen LogP contribution in [0.2, 0.25) is 0 Å². The predicted octanol–water partition coefficient (Wildman–Crippen LogP) is 4.39. The molecule has 0 spiro atoms. The molecule has 0 unspecified atom stereocenters. The molecule has 4 aromatic rings. The van der Waals surface area contributed by atoms with E-state index in [4.69, 9.17) is 0 Å². The molecule has 0 bridgehead atoms. The van der Waals surface area contributed by atoms with Gasteiger partial charge in [-0.25, -0.2) is 9.48 Å². The van der Waals surface area contributed by atoms with Gasteiger partial charge in [-0.05, 0) is 29.0 Å². The molecular weight excluding hydrogens is 300 g/mol. The highest BCUT2D eigenvalue weighted by molar-refractivity contribution is 5.96. The molecule has 24 heavy (non-hydrogen) atoms. The molecule has 116 valence electrons. The van der Waals surface area contributed by atoms with E-state index in [0.29, 0.717) is 5.69 Å². The first-order valence-electron chi connectivity index (χ1n) is 7.60. The summed E-state index contributed by atoms with van der Waals surface area (Å²) in [6, 6.07) is 23.3. The van der Waals surface area contributed by atoms with Gasteiger partial charge in [0.2, 0.25) is 0 Å². The first kappa shape index (κ1) is 14.2. The molecule has 0 saturated heterocycles. The Labute approximate surface area is 138 Å². The number of fused-ring (bicyclic) bond motifs is 1. The number of carboxylic acid groups (broad SMARTS) is 1. The zero-order valence-corrected chi connectivity index (χ0v) is 12.8. The highest BCUT2D eigenvalue weighted by atomic mass is 16.4. The zero-order valence-electron chi connectivity index (χ0n) is 12.8. The van der Waals surface area contributed by atoms with Crippen molar-refractivity contribution in [2.45, 2.75) is 0 Å². The minimum absolute atomic E-state index is 0.189. The number of aromatic nitrogens is 2. The third-order valence-corrected chi connectivity index (χ3v) is 3.99. The van der Waals surface area contributed by atoms with Gasteiger partial charge in [-0.3, -0.25) is 0 Å². The Balaban J connectivity index is 1.89. The summed E-state index contributed by atoms with van der Waals surface area (Å²) in [7, 11) is 0. The quantitative estimate of drug-likeness (QED) is 0.610. The Morgan fingerprint density at radius 1 is 0.875 bits per heavy atom. The van der Waals surface area contributed by atoms with Crippen molar-refractivity contribution in [2.75, 3.05) is 0 Å². The van der Waals surface area contributed by atoms with Gasteiger partial charge in [0.25, 0.3) is 0 Å². The van der Waals surface area contributed by atoms with Gasteiger partial charge in [-0.15, -0.1) is 0 Å². The molecule has 1 heterocycles. The van der Waals surface area contributed by atoms with Gasteiger partial charge in [0.1, 0.15) is 11.3 Å². The maximum atomic E-state index is 11.6. The van der Waals surface area contributed by atoms with Crippen LogP contribution in [0.4, 0.5) is 0 Å². The Morgan fingerprint density at radius 2 is 1.58 bits per heavy atom. The Kier molecular flexibility index (Phi) is 3.35. The maximum absolute atomic E-state index is 11.6. The van der Waals surface area contributed by atoms with E-state index in [1.165, 1.54) is 0 Å². The minimum atomic E-state index is -0.986. The summed E-state index contributed by atoms with van der Waals surface area (Å²) < 4.78 is 1.61. The SMILES string of the molecule is O=C(O)c1cn(-c2ccccc2)nc1-c1ccc2ccccc2c1. The van der Waals surface area contributed by atoms with Crippen LogP contribution in [0.25, 0.3) is 27.7 Å². The highest BCUT2D eigenvalue weighted by Gasteiger charge is 2.18. The monoisotopic (exact) mass is 314 g/mol. The van der Waals surface area contributed by atoms with Crippen LogP contribution in [0.5, 0.6) is 0 Å². The fraction of sp³-hybridized carbons (Fsp3) is 0. The van der Waals surface area contributed by atoms with E-state index < -0.39 is 5.97 Å². The van der Waals surface area contributed by atoms with Crippen molar-refractivity contribution in [3.05, 3.63) is 84.6 Å². The molecule has 4 rings (SSSR count). The lowest BCUT2D eigenvalue weighted by Crippen LogP contribution is -1.96. The molecule has 0 aliphatic carbocycles. The summed E-state index contributed by atoms with van der Waals surface area (Å²) in [5.74, 6) is -0.986. The summed E-state index contributed by atoms with van der Waals surface area (Å²) in [6.45, 7) is 0. The second kappa shape index (κ2) is 5.66. The molecule has 0 fully saturated rings. The third-order valence-electron chi connectivity index (χ3n) is 3.99. The summed E-state index contributed by atoms with van der Waals surface area (Å²) in [4.78, 5) is 11.6. The smallest absolute Gasteiger partial charge is 0.339 e. The average Bonchev–Trinajstić information content (AvgIpc) is 3.08. The molecular formula is C20H14N2O2. The van der Waals surface area contributed by atoms with Crippen molar-refractivity contribution in [3.8, 4) is 16.9 Å². The fourth-order valence-corrected chi connectivity index (χ4v) is 2.79. The van der Waals surface area contributed by atoms with Gasteiger partial charge in [0.15, 0.2) is 0 Å². The molecule has 0 radical (unpaired) electrons. The van der Waals surface area contributed by atoms with Crippen molar-refractivity contribution < 1.29 is 9.90 Å². The van der Waals surface area contributed by atoms with Crippen LogP contribution in [0, 0.1) is 0 Å². The van der Waals surface area contributed by atoms with Crippen molar-refractivity contribution in [2.24, 2.45) is 0 Å². The molecule has 0 aliphatic heterocycles.